The third kappa shape index (κ3) is 3.22. The SMILES string of the molecule is CCn1c2ccccc2c2cc(C=NOC(=O)c3ccc(C)cc3)ccc21. The Bertz CT molecular complexity index is 1150. The van der Waals surface area contributed by atoms with Gasteiger partial charge in [-0.1, -0.05) is 47.1 Å². The Morgan fingerprint density at radius 2 is 1.74 bits per heavy atom. The number of hydrogen-bond donors (Lipinski definition) is 0. The van der Waals surface area contributed by atoms with Gasteiger partial charge in [0.2, 0.25) is 0 Å². The molecule has 0 saturated heterocycles. The van der Waals surface area contributed by atoms with Crippen molar-refractivity contribution < 1.29 is 9.63 Å². The minimum atomic E-state index is -0.463. The van der Waals surface area contributed by atoms with Gasteiger partial charge in [-0.15, -0.1) is 0 Å². The van der Waals surface area contributed by atoms with Gasteiger partial charge in [0, 0.05) is 28.4 Å². The fourth-order valence-electron chi connectivity index (χ4n) is 3.37. The number of aryl methyl sites for hydroxylation is 2. The van der Waals surface area contributed by atoms with Crippen molar-refractivity contribution in [1.82, 2.24) is 4.57 Å². The van der Waals surface area contributed by atoms with Crippen LogP contribution < -0.4 is 0 Å². The van der Waals surface area contributed by atoms with Crippen molar-refractivity contribution in [2.45, 2.75) is 20.4 Å². The standard InChI is InChI=1S/C23H20N2O2/c1-3-25-21-7-5-4-6-19(21)20-14-17(10-13-22(20)25)15-24-27-23(26)18-11-8-16(2)9-12-18/h4-15H,3H2,1-2H3. The number of para-hydroxylation sites is 1. The van der Waals surface area contributed by atoms with E-state index < -0.39 is 5.97 Å². The van der Waals surface area contributed by atoms with E-state index in [0.29, 0.717) is 5.56 Å². The van der Waals surface area contributed by atoms with Crippen LogP contribution in [0.4, 0.5) is 0 Å². The number of carbonyl (C=O) groups is 1. The molecule has 134 valence electrons. The van der Waals surface area contributed by atoms with Gasteiger partial charge < -0.3 is 9.40 Å². The molecule has 0 fully saturated rings. The van der Waals surface area contributed by atoms with Gasteiger partial charge in [-0.25, -0.2) is 4.79 Å². The van der Waals surface area contributed by atoms with Crippen LogP contribution in [0, 0.1) is 6.92 Å². The van der Waals surface area contributed by atoms with Gasteiger partial charge in [-0.2, -0.15) is 0 Å². The highest BCUT2D eigenvalue weighted by Gasteiger charge is 2.09. The van der Waals surface area contributed by atoms with Gasteiger partial charge in [0.25, 0.3) is 0 Å². The lowest BCUT2D eigenvalue weighted by molar-refractivity contribution is 0.0519. The molecular weight excluding hydrogens is 336 g/mol. The molecule has 0 unspecified atom stereocenters. The van der Waals surface area contributed by atoms with E-state index in [2.05, 4.69) is 47.0 Å². The quantitative estimate of drug-likeness (QED) is 0.282. The Labute approximate surface area is 157 Å². The Morgan fingerprint density at radius 1 is 1.00 bits per heavy atom. The maximum Gasteiger partial charge on any atom is 0.365 e. The largest absolute Gasteiger partial charge is 0.365 e. The van der Waals surface area contributed by atoms with Crippen molar-refractivity contribution in [2.24, 2.45) is 5.16 Å². The number of hydrogen-bond acceptors (Lipinski definition) is 3. The van der Waals surface area contributed by atoms with E-state index in [0.717, 1.165) is 17.7 Å². The molecule has 27 heavy (non-hydrogen) atoms. The van der Waals surface area contributed by atoms with E-state index in [1.165, 1.54) is 21.8 Å². The Morgan fingerprint density at radius 3 is 2.52 bits per heavy atom. The molecule has 4 rings (SSSR count). The van der Waals surface area contributed by atoms with Crippen molar-refractivity contribution in [1.29, 1.82) is 0 Å². The number of rotatable bonds is 4. The van der Waals surface area contributed by atoms with Gasteiger partial charge in [-0.05, 0) is 49.7 Å². The zero-order chi connectivity index (χ0) is 18.8. The molecule has 4 aromatic rings. The highest BCUT2D eigenvalue weighted by Crippen LogP contribution is 2.29. The minimum absolute atomic E-state index is 0.463. The predicted octanol–water partition coefficient (Wildman–Crippen LogP) is 5.31. The Kier molecular flexibility index (Phi) is 4.47. The second kappa shape index (κ2) is 7.08. The molecular formula is C23H20N2O2. The summed E-state index contributed by atoms with van der Waals surface area (Å²) in [5, 5.41) is 6.25. The number of benzene rings is 3. The first kappa shape index (κ1) is 17.0. The maximum absolute atomic E-state index is 12.0. The zero-order valence-electron chi connectivity index (χ0n) is 15.3. The molecule has 0 spiro atoms. The number of nitrogens with zero attached hydrogens (tertiary/aromatic N) is 2. The number of aromatic nitrogens is 1. The fourth-order valence-corrected chi connectivity index (χ4v) is 3.37. The first-order valence-electron chi connectivity index (χ1n) is 8.99. The van der Waals surface area contributed by atoms with Crippen LogP contribution in [0.25, 0.3) is 21.8 Å². The minimum Gasteiger partial charge on any atom is -0.341 e. The van der Waals surface area contributed by atoms with E-state index in [1.807, 2.05) is 31.2 Å². The smallest absolute Gasteiger partial charge is 0.341 e. The molecule has 0 N–H and O–H groups in total. The average molecular weight is 356 g/mol. The van der Waals surface area contributed by atoms with Gasteiger partial charge in [0.1, 0.15) is 0 Å². The van der Waals surface area contributed by atoms with E-state index in [9.17, 15) is 4.79 Å². The molecule has 0 radical (unpaired) electrons. The van der Waals surface area contributed by atoms with E-state index >= 15 is 0 Å². The summed E-state index contributed by atoms with van der Waals surface area (Å²) < 4.78 is 2.29. The molecule has 0 amide bonds. The van der Waals surface area contributed by atoms with Crippen LogP contribution in [0.1, 0.15) is 28.4 Å². The van der Waals surface area contributed by atoms with Crippen LogP contribution >= 0.6 is 0 Å². The molecule has 0 bridgehead atoms. The van der Waals surface area contributed by atoms with Crippen molar-refractivity contribution in [3.05, 3.63) is 83.4 Å². The highest BCUT2D eigenvalue weighted by atomic mass is 16.7. The van der Waals surface area contributed by atoms with Crippen molar-refractivity contribution in [3.8, 4) is 0 Å². The monoisotopic (exact) mass is 356 g/mol. The van der Waals surface area contributed by atoms with Crippen LogP contribution in [0.15, 0.2) is 71.9 Å². The van der Waals surface area contributed by atoms with Crippen molar-refractivity contribution in [2.75, 3.05) is 0 Å². The Balaban J connectivity index is 1.61. The summed E-state index contributed by atoms with van der Waals surface area (Å²) in [5.41, 5.74) is 4.87. The molecule has 0 aliphatic rings. The number of fused-ring (bicyclic) bond motifs is 3. The molecule has 1 heterocycles. The van der Waals surface area contributed by atoms with Crippen molar-refractivity contribution >= 4 is 34.0 Å². The maximum atomic E-state index is 12.0. The van der Waals surface area contributed by atoms with Gasteiger partial charge in [-0.3, -0.25) is 0 Å². The molecule has 3 aromatic carbocycles. The van der Waals surface area contributed by atoms with Crippen LogP contribution in [0.2, 0.25) is 0 Å². The summed E-state index contributed by atoms with van der Waals surface area (Å²) in [6.45, 7) is 5.02. The first-order chi connectivity index (χ1) is 13.2. The first-order valence-corrected chi connectivity index (χ1v) is 8.99. The summed E-state index contributed by atoms with van der Waals surface area (Å²) in [7, 11) is 0. The Hall–Kier alpha value is -3.40. The molecule has 0 atom stereocenters. The number of carbonyl (C=O) groups excluding carboxylic acids is 1. The summed E-state index contributed by atoms with van der Waals surface area (Å²) in [5.74, 6) is -0.463. The van der Waals surface area contributed by atoms with Crippen LogP contribution in [-0.4, -0.2) is 16.8 Å². The lowest BCUT2D eigenvalue weighted by Gasteiger charge is -2.02. The molecule has 0 aliphatic carbocycles. The lowest BCUT2D eigenvalue weighted by Crippen LogP contribution is -2.00. The second-order valence-electron chi connectivity index (χ2n) is 6.52. The second-order valence-corrected chi connectivity index (χ2v) is 6.52. The highest BCUT2D eigenvalue weighted by molar-refractivity contribution is 6.09. The average Bonchev–Trinajstić information content (AvgIpc) is 3.01. The summed E-state index contributed by atoms with van der Waals surface area (Å²) in [6, 6.07) is 21.7. The molecule has 0 saturated carbocycles. The molecule has 0 aliphatic heterocycles. The molecule has 4 nitrogen and oxygen atoms in total. The van der Waals surface area contributed by atoms with Crippen LogP contribution in [0.5, 0.6) is 0 Å². The third-order valence-electron chi connectivity index (χ3n) is 4.74. The van der Waals surface area contributed by atoms with Crippen LogP contribution in [-0.2, 0) is 11.4 Å². The van der Waals surface area contributed by atoms with E-state index in [4.69, 9.17) is 4.84 Å². The van der Waals surface area contributed by atoms with Gasteiger partial charge in [0.05, 0.1) is 11.8 Å². The van der Waals surface area contributed by atoms with Gasteiger partial charge >= 0.3 is 5.97 Å². The lowest BCUT2D eigenvalue weighted by atomic mass is 10.1. The molecule has 1 aromatic heterocycles. The summed E-state index contributed by atoms with van der Waals surface area (Å²) in [6.07, 6.45) is 1.57. The fraction of sp³-hybridized carbons (Fsp3) is 0.130. The summed E-state index contributed by atoms with van der Waals surface area (Å²) >= 11 is 0. The topological polar surface area (TPSA) is 43.6 Å². The normalized spacial score (nSPS) is 11.5. The predicted molar refractivity (Wildman–Crippen MR) is 109 cm³/mol. The van der Waals surface area contributed by atoms with E-state index in [-0.39, 0.29) is 0 Å². The van der Waals surface area contributed by atoms with Crippen LogP contribution in [0.3, 0.4) is 0 Å². The van der Waals surface area contributed by atoms with E-state index in [1.54, 1.807) is 18.3 Å². The van der Waals surface area contributed by atoms with Crippen molar-refractivity contribution in [3.63, 3.8) is 0 Å². The van der Waals surface area contributed by atoms with Gasteiger partial charge in [0.15, 0.2) is 0 Å². The zero-order valence-corrected chi connectivity index (χ0v) is 15.3. The third-order valence-corrected chi connectivity index (χ3v) is 4.74. The summed E-state index contributed by atoms with van der Waals surface area (Å²) in [4.78, 5) is 17.1. The number of oxime groups is 1. The molecule has 4 heteroatoms.